The summed E-state index contributed by atoms with van der Waals surface area (Å²) in [5.41, 5.74) is 4.37. The first kappa shape index (κ1) is 33.5. The summed E-state index contributed by atoms with van der Waals surface area (Å²) in [4.78, 5) is 32.6. The number of hydrogen-bond donors (Lipinski definition) is 5. The van der Waals surface area contributed by atoms with Crippen LogP contribution in [-0.2, 0) is 14.3 Å². The first-order valence-corrected chi connectivity index (χ1v) is 8.71. The molecule has 0 aliphatic carbocycles. The Morgan fingerprint density at radius 2 is 1.61 bits per heavy atom. The highest BCUT2D eigenvalue weighted by Crippen LogP contribution is 2.09. The molecule has 0 fully saturated rings. The largest absolute Gasteiger partial charge is 0.480 e. The standard InChI is InChI=1S/C9H15F2NO4.C8H14F2N2O2.ClH/c1-9(2,3)16-8(15)12-5(7(13)14)4-6(10)11;1-2-3-12-8(14)7(13)5(11)4-6(9)10;/h5-6H,4H2,1-3H3,(H,12,15)(H,13,14);2,5-7,13H,1,3-4,11H2,(H,12,14);1H. The number of carbonyl (C=O) groups excluding carboxylic acids is 2. The molecule has 0 aromatic rings. The van der Waals surface area contributed by atoms with E-state index in [4.69, 9.17) is 20.7 Å². The van der Waals surface area contributed by atoms with E-state index in [1.807, 2.05) is 5.32 Å². The molecule has 0 heterocycles. The smallest absolute Gasteiger partial charge is 0.408 e. The lowest BCUT2D eigenvalue weighted by Crippen LogP contribution is -2.47. The van der Waals surface area contributed by atoms with E-state index in [0.29, 0.717) is 0 Å². The predicted octanol–water partition coefficient (Wildman–Crippen LogP) is 1.67. The lowest BCUT2D eigenvalue weighted by molar-refractivity contribution is -0.140. The van der Waals surface area contributed by atoms with Crippen LogP contribution in [0.15, 0.2) is 12.7 Å². The Morgan fingerprint density at radius 3 is 1.97 bits per heavy atom. The van der Waals surface area contributed by atoms with Gasteiger partial charge < -0.3 is 31.3 Å². The van der Waals surface area contributed by atoms with Crippen LogP contribution in [0.2, 0.25) is 0 Å². The monoisotopic (exact) mass is 483 g/mol. The number of alkyl halides is 4. The molecular formula is C17H30ClF4N3O6. The molecule has 9 nitrogen and oxygen atoms in total. The second-order valence-corrected chi connectivity index (χ2v) is 6.93. The minimum absolute atomic E-state index is 0. The molecule has 6 N–H and O–H groups in total. The normalized spacial score (nSPS) is 13.6. The number of ether oxygens (including phenoxy) is 1. The molecule has 14 heteroatoms. The van der Waals surface area contributed by atoms with Gasteiger partial charge in [0.05, 0.1) is 0 Å². The lowest BCUT2D eigenvalue weighted by atomic mass is 10.1. The highest BCUT2D eigenvalue weighted by atomic mass is 35.5. The predicted molar refractivity (Wildman–Crippen MR) is 106 cm³/mol. The van der Waals surface area contributed by atoms with Crippen molar-refractivity contribution in [1.82, 2.24) is 10.6 Å². The summed E-state index contributed by atoms with van der Waals surface area (Å²) < 4.78 is 52.3. The number of rotatable bonds is 10. The van der Waals surface area contributed by atoms with Crippen molar-refractivity contribution in [1.29, 1.82) is 0 Å². The molecule has 0 spiro atoms. The van der Waals surface area contributed by atoms with Crippen LogP contribution < -0.4 is 16.4 Å². The number of nitrogens with one attached hydrogen (secondary N) is 2. The van der Waals surface area contributed by atoms with Crippen molar-refractivity contribution in [2.75, 3.05) is 6.54 Å². The van der Waals surface area contributed by atoms with Crippen LogP contribution in [0.1, 0.15) is 33.6 Å². The molecule has 0 saturated heterocycles. The molecule has 3 unspecified atom stereocenters. The molecule has 0 aliphatic heterocycles. The number of hydrogen-bond acceptors (Lipinski definition) is 6. The molecule has 0 rings (SSSR count). The first-order chi connectivity index (χ1) is 13.6. The van der Waals surface area contributed by atoms with Crippen LogP contribution in [0, 0.1) is 0 Å². The summed E-state index contributed by atoms with van der Waals surface area (Å²) in [6, 6.07) is -2.89. The molecule has 0 aromatic heterocycles. The third-order valence-electron chi connectivity index (χ3n) is 2.95. The molecule has 0 radical (unpaired) electrons. The molecule has 0 saturated carbocycles. The van der Waals surface area contributed by atoms with Crippen molar-refractivity contribution in [3.8, 4) is 0 Å². The van der Waals surface area contributed by atoms with Gasteiger partial charge in [0.25, 0.3) is 5.91 Å². The van der Waals surface area contributed by atoms with E-state index in [1.165, 1.54) is 6.08 Å². The summed E-state index contributed by atoms with van der Waals surface area (Å²) in [5, 5.41) is 21.8. The van der Waals surface area contributed by atoms with Crippen LogP contribution >= 0.6 is 12.4 Å². The Balaban J connectivity index is -0.000000494. The number of aliphatic carboxylic acids is 1. The molecule has 2 amide bonds. The van der Waals surface area contributed by atoms with Crippen LogP contribution in [0.25, 0.3) is 0 Å². The maximum absolute atomic E-state index is 12.0. The Bertz CT molecular complexity index is 564. The van der Waals surface area contributed by atoms with E-state index in [-0.39, 0.29) is 19.0 Å². The lowest BCUT2D eigenvalue weighted by Gasteiger charge is -2.21. The van der Waals surface area contributed by atoms with Gasteiger partial charge in [-0.2, -0.15) is 0 Å². The van der Waals surface area contributed by atoms with Gasteiger partial charge in [-0.05, 0) is 20.8 Å². The first-order valence-electron chi connectivity index (χ1n) is 8.71. The Labute approximate surface area is 183 Å². The van der Waals surface area contributed by atoms with Gasteiger partial charge in [0.1, 0.15) is 17.7 Å². The number of carbonyl (C=O) groups is 3. The minimum atomic E-state index is -2.81. The van der Waals surface area contributed by atoms with Crippen LogP contribution in [0.4, 0.5) is 22.4 Å². The van der Waals surface area contributed by atoms with Crippen molar-refractivity contribution >= 4 is 30.4 Å². The van der Waals surface area contributed by atoms with Crippen molar-refractivity contribution in [2.24, 2.45) is 5.73 Å². The summed E-state index contributed by atoms with van der Waals surface area (Å²) in [6.45, 7) is 8.24. The van der Waals surface area contributed by atoms with Gasteiger partial charge in [0.15, 0.2) is 0 Å². The van der Waals surface area contributed by atoms with E-state index in [1.54, 1.807) is 20.8 Å². The highest BCUT2D eigenvalue weighted by molar-refractivity contribution is 5.85. The Hall–Kier alpha value is -2.12. The second-order valence-electron chi connectivity index (χ2n) is 6.93. The third kappa shape index (κ3) is 19.6. The summed E-state index contributed by atoms with van der Waals surface area (Å²) >= 11 is 0. The molecular weight excluding hydrogens is 454 g/mol. The van der Waals surface area contributed by atoms with Crippen LogP contribution in [0.3, 0.4) is 0 Å². The van der Waals surface area contributed by atoms with Gasteiger partial charge in [0, 0.05) is 25.4 Å². The van der Waals surface area contributed by atoms with Crippen molar-refractivity contribution < 1.29 is 46.9 Å². The zero-order chi connectivity index (χ0) is 24.1. The number of carboxylic acid groups (broad SMARTS) is 1. The van der Waals surface area contributed by atoms with E-state index >= 15 is 0 Å². The quantitative estimate of drug-likeness (QED) is 0.234. The van der Waals surface area contributed by atoms with E-state index in [2.05, 4.69) is 11.9 Å². The van der Waals surface area contributed by atoms with Crippen molar-refractivity contribution in [2.45, 2.75) is 70.3 Å². The fourth-order valence-electron chi connectivity index (χ4n) is 1.66. The Morgan fingerprint density at radius 1 is 1.13 bits per heavy atom. The van der Waals surface area contributed by atoms with Gasteiger partial charge >= 0.3 is 12.1 Å². The van der Waals surface area contributed by atoms with Crippen LogP contribution in [0.5, 0.6) is 0 Å². The molecule has 0 aromatic carbocycles. The van der Waals surface area contributed by atoms with E-state index in [0.717, 1.165) is 0 Å². The maximum atomic E-state index is 12.0. The van der Waals surface area contributed by atoms with Gasteiger partial charge in [-0.25, -0.2) is 27.2 Å². The zero-order valence-corrected chi connectivity index (χ0v) is 18.1. The Kier molecular flexibility index (Phi) is 17.9. The van der Waals surface area contributed by atoms with Crippen molar-refractivity contribution in [3.63, 3.8) is 0 Å². The highest BCUT2D eigenvalue weighted by Gasteiger charge is 2.27. The topological polar surface area (TPSA) is 151 Å². The molecule has 0 bridgehead atoms. The van der Waals surface area contributed by atoms with E-state index < -0.39 is 67.5 Å². The maximum Gasteiger partial charge on any atom is 0.408 e. The number of aliphatic hydroxyl groups is 1. The summed E-state index contributed by atoms with van der Waals surface area (Å²) in [7, 11) is 0. The fraction of sp³-hybridized carbons (Fsp3) is 0.706. The van der Waals surface area contributed by atoms with Gasteiger partial charge in [-0.15, -0.1) is 19.0 Å². The van der Waals surface area contributed by atoms with Crippen molar-refractivity contribution in [3.05, 3.63) is 12.7 Å². The number of amides is 2. The van der Waals surface area contributed by atoms with Crippen LogP contribution in [-0.4, -0.2) is 71.4 Å². The average Bonchev–Trinajstić information content (AvgIpc) is 2.56. The average molecular weight is 484 g/mol. The number of halogens is 5. The fourth-order valence-corrected chi connectivity index (χ4v) is 1.66. The number of alkyl carbamates (subject to hydrolysis) is 1. The van der Waals surface area contributed by atoms with Gasteiger partial charge in [-0.1, -0.05) is 6.08 Å². The van der Waals surface area contributed by atoms with Gasteiger partial charge in [-0.3, -0.25) is 4.79 Å². The molecule has 184 valence electrons. The number of carboxylic acids is 1. The summed E-state index contributed by atoms with van der Waals surface area (Å²) in [5.74, 6) is -2.29. The molecule has 3 atom stereocenters. The van der Waals surface area contributed by atoms with Gasteiger partial charge in [0.2, 0.25) is 12.9 Å². The summed E-state index contributed by atoms with van der Waals surface area (Å²) in [6.07, 6.45) is -8.33. The SMILES string of the molecule is C=CCNC(=O)C(O)C(N)CC(F)F.CC(C)(C)OC(=O)NC(CC(F)F)C(=O)O.Cl. The molecule has 0 aliphatic rings. The number of nitrogens with two attached hydrogens (primary N) is 1. The zero-order valence-electron chi connectivity index (χ0n) is 17.3. The second kappa shape index (κ2) is 16.6. The number of aliphatic hydroxyl groups excluding tert-OH is 1. The minimum Gasteiger partial charge on any atom is -0.480 e. The molecule has 31 heavy (non-hydrogen) atoms. The third-order valence-corrected chi connectivity index (χ3v) is 2.95. The van der Waals surface area contributed by atoms with E-state index in [9.17, 15) is 31.9 Å².